The van der Waals surface area contributed by atoms with Gasteiger partial charge in [0.05, 0.1) is 51.5 Å². The van der Waals surface area contributed by atoms with E-state index in [1.165, 1.54) is 11.4 Å². The predicted molar refractivity (Wildman–Crippen MR) is 167 cm³/mol. The van der Waals surface area contributed by atoms with Crippen LogP contribution in [0, 0.1) is 0 Å². The number of azo groups is 2. The highest BCUT2D eigenvalue weighted by Gasteiger charge is 2.12. The molecule has 4 aromatic rings. The quantitative estimate of drug-likeness (QED) is 0.143. The number of anilines is 2. The molecule has 0 radical (unpaired) electrons. The molecule has 0 aliphatic carbocycles. The molecule has 0 unspecified atom stereocenters. The highest BCUT2D eigenvalue weighted by Crippen LogP contribution is 2.22. The minimum Gasteiger partial charge on any atom is -0.543 e. The van der Waals surface area contributed by atoms with Gasteiger partial charge in [0.1, 0.15) is 0 Å². The van der Waals surface area contributed by atoms with E-state index in [0.29, 0.717) is 11.9 Å². The standard InChI is InChI=1S/2C14H21N6.C2H2O4/c2*1-5-20(6-2)13-9-7-12(8-10-13)16-17-14-18(3)11-15-19(14)4;3-1(4)2(5)6/h2*7-11H,5-6H2,1-4H3;(H,3,4)(H,5,6)/q2*+1;/p-2. The number of aromatic nitrogens is 6. The van der Waals surface area contributed by atoms with E-state index < -0.39 is 11.9 Å². The Labute approximate surface area is 268 Å². The predicted octanol–water partition coefficient (Wildman–Crippen LogP) is 1.50. The Kier molecular flexibility index (Phi) is 14.6. The van der Waals surface area contributed by atoms with Crippen molar-refractivity contribution < 1.29 is 28.9 Å². The van der Waals surface area contributed by atoms with Crippen molar-refractivity contribution in [2.45, 2.75) is 27.7 Å². The average Bonchev–Trinajstić information content (AvgIpc) is 3.55. The van der Waals surface area contributed by atoms with E-state index in [4.69, 9.17) is 19.8 Å². The number of aliphatic carboxylic acids is 2. The molecule has 2 aromatic carbocycles. The van der Waals surface area contributed by atoms with Crippen molar-refractivity contribution in [2.75, 3.05) is 36.0 Å². The number of benzene rings is 2. The number of hydrogen-bond donors (Lipinski definition) is 0. The molecule has 0 atom stereocenters. The van der Waals surface area contributed by atoms with E-state index in [0.717, 1.165) is 37.6 Å². The van der Waals surface area contributed by atoms with E-state index in [-0.39, 0.29) is 0 Å². The van der Waals surface area contributed by atoms with E-state index in [9.17, 15) is 0 Å². The third-order valence-electron chi connectivity index (χ3n) is 6.64. The molecule has 0 fully saturated rings. The summed E-state index contributed by atoms with van der Waals surface area (Å²) >= 11 is 0. The van der Waals surface area contributed by atoms with Crippen LogP contribution in [0.2, 0.25) is 0 Å². The molecule has 2 heterocycles. The van der Waals surface area contributed by atoms with Crippen LogP contribution in [0.1, 0.15) is 27.7 Å². The summed E-state index contributed by atoms with van der Waals surface area (Å²) in [5.41, 5.74) is 4.09. The summed E-state index contributed by atoms with van der Waals surface area (Å²) in [6, 6.07) is 16.2. The van der Waals surface area contributed by atoms with E-state index in [1.807, 2.05) is 61.6 Å². The van der Waals surface area contributed by atoms with Crippen LogP contribution < -0.4 is 29.1 Å². The van der Waals surface area contributed by atoms with E-state index >= 15 is 0 Å². The molecule has 0 bridgehead atoms. The first kappa shape index (κ1) is 36.7. The fourth-order valence-electron chi connectivity index (χ4n) is 4.09. The molecule has 0 amide bonds. The number of rotatable bonds is 10. The highest BCUT2D eigenvalue weighted by molar-refractivity contribution is 6.25. The Morgan fingerprint density at radius 2 is 0.935 bits per heavy atom. The zero-order chi connectivity index (χ0) is 34.2. The molecule has 2 aromatic heterocycles. The van der Waals surface area contributed by atoms with Crippen molar-refractivity contribution in [1.29, 1.82) is 0 Å². The number of carboxylic acids is 2. The Morgan fingerprint density at radius 3 is 1.15 bits per heavy atom. The van der Waals surface area contributed by atoms with Gasteiger partial charge in [0, 0.05) is 47.8 Å². The van der Waals surface area contributed by atoms with Gasteiger partial charge in [0.15, 0.2) is 0 Å². The van der Waals surface area contributed by atoms with Crippen LogP contribution in [0.3, 0.4) is 0 Å². The minimum atomic E-state index is -2.19. The Balaban J connectivity index is 0.000000273. The SMILES string of the molecule is CCN(CC)c1ccc(N=Nc2n(C)nc[n+]2C)cc1.CCN(CC)c1ccc(N=Nc2n(C)nc[n+]2C)cc1.O=C([O-])C(=O)[O-]. The molecular formula is C30H42N12O4. The van der Waals surface area contributed by atoms with Gasteiger partial charge in [-0.2, -0.15) is 0 Å². The second-order valence-electron chi connectivity index (χ2n) is 9.68. The summed E-state index contributed by atoms with van der Waals surface area (Å²) in [4.78, 5) is 22.4. The first-order valence-corrected chi connectivity index (χ1v) is 14.7. The van der Waals surface area contributed by atoms with Crippen LogP contribution in [-0.2, 0) is 37.8 Å². The first-order chi connectivity index (χ1) is 21.9. The fourth-order valence-corrected chi connectivity index (χ4v) is 4.09. The molecule has 46 heavy (non-hydrogen) atoms. The van der Waals surface area contributed by atoms with Crippen molar-refractivity contribution >= 4 is 46.6 Å². The summed E-state index contributed by atoms with van der Waals surface area (Å²) in [5, 5.41) is 43.0. The van der Waals surface area contributed by atoms with Crippen molar-refractivity contribution in [3.05, 3.63) is 61.2 Å². The molecular weight excluding hydrogens is 592 g/mol. The number of nitrogens with zero attached hydrogens (tertiary/aromatic N) is 12. The second-order valence-corrected chi connectivity index (χ2v) is 9.68. The molecule has 246 valence electrons. The fraction of sp³-hybridized carbons (Fsp3) is 0.400. The van der Waals surface area contributed by atoms with Crippen LogP contribution in [-0.4, -0.2) is 57.7 Å². The molecule has 16 nitrogen and oxygen atoms in total. The topological polar surface area (TPSA) is 180 Å². The lowest BCUT2D eigenvalue weighted by Crippen LogP contribution is -2.42. The number of carbonyl (C=O) groups excluding carboxylic acids is 2. The van der Waals surface area contributed by atoms with Crippen LogP contribution in [0.15, 0.2) is 81.6 Å². The summed E-state index contributed by atoms with van der Waals surface area (Å²) in [6.07, 6.45) is 3.41. The molecule has 16 heteroatoms. The van der Waals surface area contributed by atoms with Crippen molar-refractivity contribution in [2.24, 2.45) is 48.6 Å². The lowest BCUT2D eigenvalue weighted by atomic mass is 10.2. The van der Waals surface area contributed by atoms with Crippen molar-refractivity contribution in [1.82, 2.24) is 19.6 Å². The first-order valence-electron chi connectivity index (χ1n) is 14.7. The molecule has 0 aliphatic rings. The van der Waals surface area contributed by atoms with Crippen LogP contribution >= 0.6 is 0 Å². The van der Waals surface area contributed by atoms with Crippen LogP contribution in [0.25, 0.3) is 0 Å². The second kappa shape index (κ2) is 18.3. The Hall–Kier alpha value is -5.54. The Morgan fingerprint density at radius 1 is 0.630 bits per heavy atom. The van der Waals surface area contributed by atoms with Gasteiger partial charge in [-0.05, 0) is 86.4 Å². The van der Waals surface area contributed by atoms with Gasteiger partial charge in [0.2, 0.25) is 12.7 Å². The highest BCUT2D eigenvalue weighted by atomic mass is 16.4. The number of hydrogen-bond acceptors (Lipinski definition) is 12. The molecule has 0 spiro atoms. The van der Waals surface area contributed by atoms with Gasteiger partial charge < -0.3 is 29.6 Å². The van der Waals surface area contributed by atoms with E-state index in [1.54, 1.807) is 22.0 Å². The van der Waals surface area contributed by atoms with Gasteiger partial charge in [-0.3, -0.25) is 0 Å². The van der Waals surface area contributed by atoms with Crippen LogP contribution in [0.5, 0.6) is 0 Å². The zero-order valence-corrected chi connectivity index (χ0v) is 27.6. The van der Waals surface area contributed by atoms with Gasteiger partial charge in [-0.25, -0.2) is 9.13 Å². The smallest absolute Gasteiger partial charge is 0.403 e. The normalized spacial score (nSPS) is 10.7. The molecule has 0 saturated carbocycles. The third kappa shape index (κ3) is 10.9. The van der Waals surface area contributed by atoms with Gasteiger partial charge >= 0.3 is 11.9 Å². The summed E-state index contributed by atoms with van der Waals surface area (Å²) in [6.45, 7) is 12.6. The van der Waals surface area contributed by atoms with Gasteiger partial charge in [0.25, 0.3) is 0 Å². The summed E-state index contributed by atoms with van der Waals surface area (Å²) < 4.78 is 7.03. The lowest BCUT2D eigenvalue weighted by molar-refractivity contribution is -0.659. The lowest BCUT2D eigenvalue weighted by Gasteiger charge is -2.20. The maximum atomic E-state index is 8.93. The van der Waals surface area contributed by atoms with E-state index in [2.05, 4.69) is 92.4 Å². The van der Waals surface area contributed by atoms with Gasteiger partial charge in [-0.1, -0.05) is 10.2 Å². The van der Waals surface area contributed by atoms with Crippen molar-refractivity contribution in [3.8, 4) is 0 Å². The molecule has 0 N–H and O–H groups in total. The summed E-state index contributed by atoms with van der Waals surface area (Å²) in [7, 11) is 7.48. The minimum absolute atomic E-state index is 0.706. The average molecular weight is 635 g/mol. The molecule has 0 saturated heterocycles. The molecule has 0 aliphatic heterocycles. The number of carboxylic acid groups (broad SMARTS) is 2. The number of carbonyl (C=O) groups is 2. The molecule has 4 rings (SSSR count). The zero-order valence-electron chi connectivity index (χ0n) is 27.6. The van der Waals surface area contributed by atoms with Crippen LogP contribution in [0.4, 0.5) is 34.6 Å². The summed E-state index contributed by atoms with van der Waals surface area (Å²) in [5.74, 6) is -2.96. The van der Waals surface area contributed by atoms with Gasteiger partial charge in [-0.15, -0.1) is 9.36 Å². The third-order valence-corrected chi connectivity index (χ3v) is 6.64. The monoisotopic (exact) mass is 634 g/mol. The largest absolute Gasteiger partial charge is 0.543 e. The Bertz CT molecular complexity index is 1430. The number of aryl methyl sites for hydroxylation is 4. The maximum Gasteiger partial charge on any atom is 0.403 e. The van der Waals surface area contributed by atoms with Crippen molar-refractivity contribution in [3.63, 3.8) is 0 Å². The maximum absolute atomic E-state index is 8.93.